The first kappa shape index (κ1) is 18.0. The summed E-state index contributed by atoms with van der Waals surface area (Å²) in [5.74, 6) is 1.09. The van der Waals surface area contributed by atoms with Crippen molar-refractivity contribution in [1.82, 2.24) is 4.90 Å². The van der Waals surface area contributed by atoms with E-state index < -0.39 is 0 Å². The lowest BCUT2D eigenvalue weighted by Crippen LogP contribution is -2.15. The molecule has 0 fully saturated rings. The first-order valence-electron chi connectivity index (χ1n) is 7.20. The van der Waals surface area contributed by atoms with Crippen LogP contribution in [0.1, 0.15) is 17.5 Å². The first-order valence-corrected chi connectivity index (χ1v) is 7.20. The number of carbonyl (C=O) groups excluding carboxylic acids is 1. The lowest BCUT2D eigenvalue weighted by Gasteiger charge is -2.11. The summed E-state index contributed by atoms with van der Waals surface area (Å²) in [7, 11) is 7.18. The Morgan fingerprint density at radius 3 is 2.27 bits per heavy atom. The van der Waals surface area contributed by atoms with Crippen LogP contribution in [0.4, 0.5) is 0 Å². The summed E-state index contributed by atoms with van der Waals surface area (Å²) in [4.78, 5) is 13.7. The number of methoxy groups -OCH3 is 2. The fourth-order valence-electron chi connectivity index (χ4n) is 1.97. The third-order valence-corrected chi connectivity index (χ3v) is 3.18. The third kappa shape index (κ3) is 5.77. The average molecular weight is 307 g/mol. The monoisotopic (exact) mass is 307 g/mol. The highest BCUT2D eigenvalue weighted by Gasteiger charge is 2.07. The molecule has 0 aliphatic rings. The zero-order valence-electron chi connectivity index (χ0n) is 14.0. The molecule has 0 spiro atoms. The van der Waals surface area contributed by atoms with Crippen molar-refractivity contribution >= 4 is 12.0 Å². The molecular weight excluding hydrogens is 282 g/mol. The summed E-state index contributed by atoms with van der Waals surface area (Å²) in [5, 5.41) is 0. The number of hydrogen-bond acceptors (Lipinski definition) is 5. The van der Waals surface area contributed by atoms with Gasteiger partial charge in [0.15, 0.2) is 0 Å². The minimum Gasteiger partial charge on any atom is -0.496 e. The van der Waals surface area contributed by atoms with Gasteiger partial charge in [0, 0.05) is 18.2 Å². The molecule has 0 saturated heterocycles. The van der Waals surface area contributed by atoms with Gasteiger partial charge in [-0.2, -0.15) is 0 Å². The van der Waals surface area contributed by atoms with E-state index in [0.29, 0.717) is 6.61 Å². The highest BCUT2D eigenvalue weighted by atomic mass is 16.5. The Morgan fingerprint density at radius 2 is 1.77 bits per heavy atom. The van der Waals surface area contributed by atoms with Gasteiger partial charge in [-0.05, 0) is 51.2 Å². The number of carbonyl (C=O) groups is 1. The van der Waals surface area contributed by atoms with Gasteiger partial charge in [0.05, 0.1) is 20.8 Å². The van der Waals surface area contributed by atoms with Crippen molar-refractivity contribution < 1.29 is 19.0 Å². The predicted octanol–water partition coefficient (Wildman–Crippen LogP) is 2.52. The zero-order chi connectivity index (χ0) is 16.5. The molecule has 1 rings (SSSR count). The molecule has 5 heteroatoms. The van der Waals surface area contributed by atoms with Crippen LogP contribution in [0.15, 0.2) is 18.2 Å². The van der Waals surface area contributed by atoms with Gasteiger partial charge in [0.1, 0.15) is 11.5 Å². The van der Waals surface area contributed by atoms with Gasteiger partial charge < -0.3 is 19.1 Å². The van der Waals surface area contributed by atoms with E-state index in [0.717, 1.165) is 35.6 Å². The molecule has 1 aromatic carbocycles. The molecule has 0 aromatic heterocycles. The Bertz CT molecular complexity index is 498. The Labute approximate surface area is 132 Å². The average Bonchev–Trinajstić information content (AvgIpc) is 2.50. The quantitative estimate of drug-likeness (QED) is 0.419. The molecule has 0 saturated carbocycles. The summed E-state index contributed by atoms with van der Waals surface area (Å²) in [6.45, 7) is 3.23. The molecule has 0 bridgehead atoms. The van der Waals surface area contributed by atoms with Gasteiger partial charge in [0.2, 0.25) is 0 Å². The van der Waals surface area contributed by atoms with E-state index in [1.165, 1.54) is 6.08 Å². The van der Waals surface area contributed by atoms with Crippen LogP contribution in [0.5, 0.6) is 11.5 Å². The van der Waals surface area contributed by atoms with E-state index >= 15 is 0 Å². The largest absolute Gasteiger partial charge is 0.496 e. The van der Waals surface area contributed by atoms with Crippen molar-refractivity contribution in [3.63, 3.8) is 0 Å². The van der Waals surface area contributed by atoms with Gasteiger partial charge in [-0.15, -0.1) is 0 Å². The molecule has 0 unspecified atom stereocenters. The fourth-order valence-corrected chi connectivity index (χ4v) is 1.97. The molecule has 0 atom stereocenters. The van der Waals surface area contributed by atoms with Crippen LogP contribution < -0.4 is 9.47 Å². The van der Waals surface area contributed by atoms with E-state index in [9.17, 15) is 4.79 Å². The lowest BCUT2D eigenvalue weighted by molar-refractivity contribution is -0.137. The smallest absolute Gasteiger partial charge is 0.330 e. The maximum atomic E-state index is 11.7. The summed E-state index contributed by atoms with van der Waals surface area (Å²) >= 11 is 0. The molecule has 0 amide bonds. The fraction of sp³-hybridized carbons (Fsp3) is 0.471. The van der Waals surface area contributed by atoms with Crippen molar-refractivity contribution in [2.45, 2.75) is 13.3 Å². The highest BCUT2D eigenvalue weighted by Crippen LogP contribution is 2.29. The van der Waals surface area contributed by atoms with Crippen LogP contribution in [-0.2, 0) is 9.53 Å². The van der Waals surface area contributed by atoms with E-state index in [2.05, 4.69) is 4.90 Å². The molecule has 22 heavy (non-hydrogen) atoms. The minimum absolute atomic E-state index is 0.350. The number of rotatable bonds is 8. The van der Waals surface area contributed by atoms with Crippen molar-refractivity contribution in [2.75, 3.05) is 41.5 Å². The SMILES string of the molecule is COc1cc(/C=C/C(=O)OCCCN(C)C)cc(OC)c1C. The summed E-state index contributed by atoms with van der Waals surface area (Å²) in [6, 6.07) is 3.71. The van der Waals surface area contributed by atoms with E-state index in [4.69, 9.17) is 14.2 Å². The number of nitrogens with zero attached hydrogens (tertiary/aromatic N) is 1. The second kappa shape index (κ2) is 9.10. The minimum atomic E-state index is -0.350. The Hall–Kier alpha value is -2.01. The van der Waals surface area contributed by atoms with Crippen LogP contribution in [0.3, 0.4) is 0 Å². The normalized spacial score (nSPS) is 11.0. The van der Waals surface area contributed by atoms with E-state index in [1.807, 2.05) is 33.2 Å². The Morgan fingerprint density at radius 1 is 1.18 bits per heavy atom. The van der Waals surface area contributed by atoms with Gasteiger partial charge in [-0.25, -0.2) is 4.79 Å². The molecule has 5 nitrogen and oxygen atoms in total. The molecule has 0 heterocycles. The van der Waals surface area contributed by atoms with Crippen LogP contribution >= 0.6 is 0 Å². The van der Waals surface area contributed by atoms with Crippen molar-refractivity contribution in [1.29, 1.82) is 0 Å². The molecule has 0 aliphatic carbocycles. The van der Waals surface area contributed by atoms with Gasteiger partial charge in [-0.3, -0.25) is 0 Å². The molecule has 122 valence electrons. The number of hydrogen-bond donors (Lipinski definition) is 0. The van der Waals surface area contributed by atoms with Crippen LogP contribution in [0, 0.1) is 6.92 Å². The molecule has 0 radical (unpaired) electrons. The Kier molecular flexibility index (Phi) is 7.46. The van der Waals surface area contributed by atoms with Crippen LogP contribution in [-0.4, -0.2) is 52.3 Å². The van der Waals surface area contributed by atoms with Crippen LogP contribution in [0.2, 0.25) is 0 Å². The molecule has 0 aliphatic heterocycles. The molecule has 1 aromatic rings. The maximum Gasteiger partial charge on any atom is 0.330 e. The highest BCUT2D eigenvalue weighted by molar-refractivity contribution is 5.87. The van der Waals surface area contributed by atoms with Gasteiger partial charge >= 0.3 is 5.97 Å². The third-order valence-electron chi connectivity index (χ3n) is 3.18. The maximum absolute atomic E-state index is 11.7. The number of esters is 1. The standard InChI is InChI=1S/C17H25NO4/c1-13-15(20-4)11-14(12-16(13)21-5)7-8-17(19)22-10-6-9-18(2)3/h7-8,11-12H,6,9-10H2,1-5H3/b8-7+. The second-order valence-corrected chi connectivity index (χ2v) is 5.21. The van der Waals surface area contributed by atoms with Crippen molar-refractivity contribution in [3.05, 3.63) is 29.3 Å². The molecule has 0 N–H and O–H groups in total. The van der Waals surface area contributed by atoms with Crippen molar-refractivity contribution in [2.24, 2.45) is 0 Å². The van der Waals surface area contributed by atoms with Crippen LogP contribution in [0.25, 0.3) is 6.08 Å². The van der Waals surface area contributed by atoms with Gasteiger partial charge in [-0.1, -0.05) is 0 Å². The van der Waals surface area contributed by atoms with Crippen molar-refractivity contribution in [3.8, 4) is 11.5 Å². The van der Waals surface area contributed by atoms with Gasteiger partial charge in [0.25, 0.3) is 0 Å². The zero-order valence-corrected chi connectivity index (χ0v) is 14.0. The van der Waals surface area contributed by atoms with E-state index in [-0.39, 0.29) is 5.97 Å². The number of ether oxygens (including phenoxy) is 3. The lowest BCUT2D eigenvalue weighted by atomic mass is 10.1. The summed E-state index contributed by atoms with van der Waals surface area (Å²) in [5.41, 5.74) is 1.75. The molecular formula is C17H25NO4. The predicted molar refractivity (Wildman–Crippen MR) is 87.4 cm³/mol. The van der Waals surface area contributed by atoms with E-state index in [1.54, 1.807) is 20.3 Å². The number of benzene rings is 1. The summed E-state index contributed by atoms with van der Waals surface area (Å²) in [6.07, 6.45) is 3.93. The summed E-state index contributed by atoms with van der Waals surface area (Å²) < 4.78 is 15.7. The second-order valence-electron chi connectivity index (χ2n) is 5.21. The first-order chi connectivity index (χ1) is 10.5. The Balaban J connectivity index is 2.63. The topological polar surface area (TPSA) is 48.0 Å².